The molecule has 0 radical (unpaired) electrons. The number of halogens is 4. The van der Waals surface area contributed by atoms with Crippen LogP contribution in [0.2, 0.25) is 0 Å². The van der Waals surface area contributed by atoms with Gasteiger partial charge in [0, 0.05) is 11.9 Å². The maximum atomic E-state index is 12.7. The zero-order chi connectivity index (χ0) is 24.5. The fourth-order valence-corrected chi connectivity index (χ4v) is 3.48. The van der Waals surface area contributed by atoms with E-state index >= 15 is 0 Å². The number of aromatic nitrogens is 1. The van der Waals surface area contributed by atoms with Crippen LogP contribution >= 0.6 is 11.8 Å². The van der Waals surface area contributed by atoms with Crippen LogP contribution in [0.25, 0.3) is 0 Å². The van der Waals surface area contributed by atoms with Crippen molar-refractivity contribution in [2.75, 3.05) is 16.4 Å². The van der Waals surface area contributed by atoms with Gasteiger partial charge in [0.1, 0.15) is 16.5 Å². The third-order valence-corrected chi connectivity index (χ3v) is 5.08. The predicted octanol–water partition coefficient (Wildman–Crippen LogP) is 5.27. The largest absolute Gasteiger partial charge is 0.435 e. The fourth-order valence-electron chi connectivity index (χ4n) is 2.69. The predicted molar refractivity (Wildman–Crippen MR) is 118 cm³/mol. The molecule has 3 rings (SSSR count). The Morgan fingerprint density at radius 1 is 0.882 bits per heavy atom. The number of para-hydroxylation sites is 2. The lowest BCUT2D eigenvalue weighted by atomic mass is 10.2. The Balaban J connectivity index is 1.62. The number of ether oxygens (including phenoxy) is 2. The van der Waals surface area contributed by atoms with E-state index in [1.54, 1.807) is 6.07 Å². The van der Waals surface area contributed by atoms with Crippen LogP contribution in [-0.4, -0.2) is 35.8 Å². The van der Waals surface area contributed by atoms with Crippen LogP contribution in [0, 0.1) is 0 Å². The normalized spacial score (nSPS) is 10.8. The van der Waals surface area contributed by atoms with Crippen molar-refractivity contribution in [3.05, 3.63) is 72.4 Å². The molecule has 3 aromatic rings. The average Bonchev–Trinajstić information content (AvgIpc) is 2.80. The monoisotopic (exact) mass is 495 g/mol. The molecule has 1 aromatic heterocycles. The molecule has 0 fully saturated rings. The molecule has 0 atom stereocenters. The molecule has 34 heavy (non-hydrogen) atoms. The highest BCUT2D eigenvalue weighted by Crippen LogP contribution is 2.27. The third kappa shape index (κ3) is 7.37. The number of nitrogens with zero attached hydrogens (tertiary/aromatic N) is 1. The van der Waals surface area contributed by atoms with Crippen molar-refractivity contribution in [1.29, 1.82) is 0 Å². The molecule has 0 spiro atoms. The van der Waals surface area contributed by atoms with Gasteiger partial charge in [-0.3, -0.25) is 9.59 Å². The summed E-state index contributed by atoms with van der Waals surface area (Å²) in [4.78, 5) is 29.1. The molecule has 0 unspecified atom stereocenters. The minimum Gasteiger partial charge on any atom is -0.435 e. The second-order valence-corrected chi connectivity index (χ2v) is 7.39. The van der Waals surface area contributed by atoms with Gasteiger partial charge in [-0.05, 0) is 48.5 Å². The molecule has 2 N–H and O–H groups in total. The molecule has 0 aliphatic heterocycles. The van der Waals surface area contributed by atoms with Crippen LogP contribution in [0.15, 0.2) is 71.9 Å². The summed E-state index contributed by atoms with van der Waals surface area (Å²) < 4.78 is 58.2. The van der Waals surface area contributed by atoms with Gasteiger partial charge in [0.2, 0.25) is 5.91 Å². The third-order valence-electron chi connectivity index (χ3n) is 4.07. The van der Waals surface area contributed by atoms with E-state index in [9.17, 15) is 27.2 Å². The van der Waals surface area contributed by atoms with E-state index in [-0.39, 0.29) is 33.5 Å². The number of anilines is 2. The molecule has 0 aliphatic rings. The highest BCUT2D eigenvalue weighted by Gasteiger charge is 2.16. The highest BCUT2D eigenvalue weighted by molar-refractivity contribution is 8.00. The quantitative estimate of drug-likeness (QED) is 0.294. The Labute approximate surface area is 195 Å². The van der Waals surface area contributed by atoms with E-state index in [4.69, 9.17) is 0 Å². The molecule has 2 aromatic carbocycles. The molecular weight excluding hydrogens is 478 g/mol. The lowest BCUT2D eigenvalue weighted by molar-refractivity contribution is -0.113. The fraction of sp³-hybridized carbons (Fsp3) is 0.136. The maximum Gasteiger partial charge on any atom is 0.387 e. The molecule has 178 valence electrons. The number of carbonyl (C=O) groups is 2. The zero-order valence-corrected chi connectivity index (χ0v) is 18.0. The van der Waals surface area contributed by atoms with Crippen molar-refractivity contribution in [2.45, 2.75) is 18.2 Å². The number of carbonyl (C=O) groups excluding carboxylic acids is 2. The summed E-state index contributed by atoms with van der Waals surface area (Å²) in [6.07, 6.45) is 1.44. The Morgan fingerprint density at radius 2 is 1.59 bits per heavy atom. The van der Waals surface area contributed by atoms with E-state index in [2.05, 4.69) is 25.1 Å². The highest BCUT2D eigenvalue weighted by atomic mass is 32.2. The first-order valence-electron chi connectivity index (χ1n) is 9.59. The van der Waals surface area contributed by atoms with Crippen molar-refractivity contribution in [3.8, 4) is 11.5 Å². The van der Waals surface area contributed by atoms with Crippen LogP contribution in [0.3, 0.4) is 0 Å². The maximum absolute atomic E-state index is 12.7. The number of pyridine rings is 1. The van der Waals surface area contributed by atoms with E-state index < -0.39 is 25.0 Å². The summed E-state index contributed by atoms with van der Waals surface area (Å²) >= 11 is 0.966. The average molecular weight is 495 g/mol. The first-order chi connectivity index (χ1) is 16.3. The van der Waals surface area contributed by atoms with Gasteiger partial charge >= 0.3 is 13.2 Å². The summed E-state index contributed by atoms with van der Waals surface area (Å²) in [5.74, 6) is -1.47. The summed E-state index contributed by atoms with van der Waals surface area (Å²) in [6, 6.07) is 14.1. The Hall–Kier alpha value is -3.80. The SMILES string of the molecule is O=C(CSc1ncccc1C(=O)Nc1ccc(OC(F)F)cc1)Nc1ccccc1OC(F)F. The topological polar surface area (TPSA) is 89.6 Å². The smallest absolute Gasteiger partial charge is 0.387 e. The molecule has 7 nitrogen and oxygen atoms in total. The Bertz CT molecular complexity index is 1130. The summed E-state index contributed by atoms with van der Waals surface area (Å²) in [6.45, 7) is -6.01. The lowest BCUT2D eigenvalue weighted by Gasteiger charge is -2.12. The van der Waals surface area contributed by atoms with Crippen LogP contribution in [0.4, 0.5) is 28.9 Å². The van der Waals surface area contributed by atoms with Crippen LogP contribution in [-0.2, 0) is 4.79 Å². The number of alkyl halides is 4. The molecule has 0 bridgehead atoms. The first kappa shape index (κ1) is 24.8. The molecule has 0 saturated carbocycles. The number of thioether (sulfide) groups is 1. The molecule has 0 aliphatic carbocycles. The number of hydrogen-bond acceptors (Lipinski definition) is 6. The number of hydrogen-bond donors (Lipinski definition) is 2. The van der Waals surface area contributed by atoms with Crippen molar-refractivity contribution >= 4 is 35.0 Å². The van der Waals surface area contributed by atoms with Gasteiger partial charge in [0.25, 0.3) is 5.91 Å². The van der Waals surface area contributed by atoms with E-state index in [1.807, 2.05) is 0 Å². The van der Waals surface area contributed by atoms with E-state index in [0.29, 0.717) is 5.69 Å². The van der Waals surface area contributed by atoms with Gasteiger partial charge in [0.05, 0.1) is 17.0 Å². The molecule has 0 saturated heterocycles. The summed E-state index contributed by atoms with van der Waals surface area (Å²) in [7, 11) is 0. The second kappa shape index (κ2) is 11.9. The second-order valence-electron chi connectivity index (χ2n) is 6.42. The Kier molecular flexibility index (Phi) is 8.68. The van der Waals surface area contributed by atoms with Crippen molar-refractivity contribution in [2.24, 2.45) is 0 Å². The lowest BCUT2D eigenvalue weighted by Crippen LogP contribution is -2.17. The standard InChI is InChI=1S/C22H17F4N3O4S/c23-21(24)32-14-9-7-13(8-10-14)28-19(31)15-4-3-11-27-20(15)34-12-18(30)29-16-5-1-2-6-17(16)33-22(25)26/h1-11,21-22H,12H2,(H,28,31)(H,29,30). The van der Waals surface area contributed by atoms with Crippen molar-refractivity contribution in [1.82, 2.24) is 4.98 Å². The summed E-state index contributed by atoms with van der Waals surface area (Å²) in [5, 5.41) is 5.35. The van der Waals surface area contributed by atoms with Gasteiger partial charge < -0.3 is 20.1 Å². The molecular formula is C22H17F4N3O4S. The minimum atomic E-state index is -3.05. The van der Waals surface area contributed by atoms with Gasteiger partial charge in [-0.15, -0.1) is 0 Å². The minimum absolute atomic E-state index is 0.0582. The van der Waals surface area contributed by atoms with Crippen molar-refractivity contribution < 1.29 is 36.6 Å². The van der Waals surface area contributed by atoms with Gasteiger partial charge in [-0.2, -0.15) is 17.6 Å². The van der Waals surface area contributed by atoms with Gasteiger partial charge in [-0.25, -0.2) is 4.98 Å². The van der Waals surface area contributed by atoms with Gasteiger partial charge in [0.15, 0.2) is 0 Å². The molecule has 2 amide bonds. The zero-order valence-electron chi connectivity index (χ0n) is 17.2. The van der Waals surface area contributed by atoms with E-state index in [1.165, 1.54) is 60.8 Å². The Morgan fingerprint density at radius 3 is 2.29 bits per heavy atom. The van der Waals surface area contributed by atoms with Gasteiger partial charge in [-0.1, -0.05) is 23.9 Å². The summed E-state index contributed by atoms with van der Waals surface area (Å²) in [5.41, 5.74) is 0.584. The molecule has 12 heteroatoms. The molecule has 1 heterocycles. The van der Waals surface area contributed by atoms with E-state index in [0.717, 1.165) is 11.8 Å². The van der Waals surface area contributed by atoms with Crippen LogP contribution in [0.1, 0.15) is 10.4 Å². The number of rotatable bonds is 10. The van der Waals surface area contributed by atoms with Crippen LogP contribution in [0.5, 0.6) is 11.5 Å². The number of amides is 2. The number of nitrogens with one attached hydrogen (secondary N) is 2. The van der Waals surface area contributed by atoms with Crippen molar-refractivity contribution in [3.63, 3.8) is 0 Å². The van der Waals surface area contributed by atoms with Crippen LogP contribution < -0.4 is 20.1 Å². The first-order valence-corrected chi connectivity index (χ1v) is 10.6. The number of benzene rings is 2.